The summed E-state index contributed by atoms with van der Waals surface area (Å²) in [7, 11) is 0. The lowest BCUT2D eigenvalue weighted by atomic mass is 10.1. The number of aliphatic hydroxyl groups excluding tert-OH is 1. The van der Waals surface area contributed by atoms with Gasteiger partial charge < -0.3 is 15.2 Å². The molecule has 1 atom stereocenters. The minimum absolute atomic E-state index is 0.146. The maximum atomic E-state index is 12.1. The first-order chi connectivity index (χ1) is 9.56. The second kappa shape index (κ2) is 6.86. The molecular weight excluding hydrogens is 254 g/mol. The number of aliphatic hydroxyl groups is 1. The smallest absolute Gasteiger partial charge is 0.251 e. The van der Waals surface area contributed by atoms with Crippen molar-refractivity contribution in [3.8, 4) is 0 Å². The van der Waals surface area contributed by atoms with Crippen molar-refractivity contribution >= 4 is 5.91 Å². The highest BCUT2D eigenvalue weighted by Gasteiger charge is 2.21. The van der Waals surface area contributed by atoms with Crippen molar-refractivity contribution in [1.82, 2.24) is 5.32 Å². The minimum Gasteiger partial charge on any atom is -0.389 e. The fourth-order valence-electron chi connectivity index (χ4n) is 2.00. The SMILES string of the molecule is Cc1ccc(C)c(C(=O)NCC(O)COCC2CC2)c1. The molecule has 1 aliphatic rings. The monoisotopic (exact) mass is 277 g/mol. The molecule has 0 aliphatic heterocycles. The molecule has 1 unspecified atom stereocenters. The Morgan fingerprint density at radius 2 is 2.20 bits per heavy atom. The quantitative estimate of drug-likeness (QED) is 0.799. The zero-order valence-electron chi connectivity index (χ0n) is 12.2. The van der Waals surface area contributed by atoms with E-state index in [1.807, 2.05) is 32.0 Å². The average molecular weight is 277 g/mol. The first-order valence-electron chi connectivity index (χ1n) is 7.17. The Balaban J connectivity index is 1.74. The number of carbonyl (C=O) groups excluding carboxylic acids is 1. The Morgan fingerprint density at radius 3 is 2.90 bits per heavy atom. The molecule has 1 fully saturated rings. The van der Waals surface area contributed by atoms with Gasteiger partial charge in [-0.25, -0.2) is 0 Å². The van der Waals surface area contributed by atoms with Gasteiger partial charge in [-0.05, 0) is 44.2 Å². The molecule has 1 aromatic rings. The van der Waals surface area contributed by atoms with Gasteiger partial charge in [0.05, 0.1) is 12.7 Å². The van der Waals surface area contributed by atoms with Gasteiger partial charge in [0.1, 0.15) is 0 Å². The lowest BCUT2D eigenvalue weighted by Gasteiger charge is -2.13. The van der Waals surface area contributed by atoms with Crippen LogP contribution in [0.4, 0.5) is 0 Å². The van der Waals surface area contributed by atoms with Crippen molar-refractivity contribution in [2.24, 2.45) is 5.92 Å². The molecule has 1 amide bonds. The Bertz CT molecular complexity index is 469. The molecule has 0 heterocycles. The van der Waals surface area contributed by atoms with Crippen LogP contribution in [0.2, 0.25) is 0 Å². The Kier molecular flexibility index (Phi) is 5.15. The van der Waals surface area contributed by atoms with E-state index in [2.05, 4.69) is 5.32 Å². The van der Waals surface area contributed by atoms with E-state index in [-0.39, 0.29) is 19.1 Å². The largest absolute Gasteiger partial charge is 0.389 e. The van der Waals surface area contributed by atoms with E-state index in [1.54, 1.807) is 0 Å². The summed E-state index contributed by atoms with van der Waals surface area (Å²) < 4.78 is 5.40. The molecule has 4 nitrogen and oxygen atoms in total. The third-order valence-electron chi connectivity index (χ3n) is 3.50. The summed E-state index contributed by atoms with van der Waals surface area (Å²) >= 11 is 0. The predicted molar refractivity (Wildman–Crippen MR) is 77.8 cm³/mol. The van der Waals surface area contributed by atoms with E-state index in [9.17, 15) is 9.90 Å². The highest BCUT2D eigenvalue weighted by atomic mass is 16.5. The van der Waals surface area contributed by atoms with E-state index in [4.69, 9.17) is 4.74 Å². The zero-order valence-corrected chi connectivity index (χ0v) is 12.2. The first-order valence-corrected chi connectivity index (χ1v) is 7.17. The number of hydrogen-bond donors (Lipinski definition) is 2. The van der Waals surface area contributed by atoms with Crippen LogP contribution in [-0.4, -0.2) is 36.9 Å². The zero-order chi connectivity index (χ0) is 14.5. The standard InChI is InChI=1S/C16H23NO3/c1-11-3-4-12(2)15(7-11)16(19)17-8-14(18)10-20-9-13-5-6-13/h3-4,7,13-14,18H,5-6,8-10H2,1-2H3,(H,17,19). The normalized spacial score (nSPS) is 15.9. The number of nitrogens with one attached hydrogen (secondary N) is 1. The lowest BCUT2D eigenvalue weighted by molar-refractivity contribution is 0.0320. The van der Waals surface area contributed by atoms with Gasteiger partial charge in [-0.3, -0.25) is 4.79 Å². The van der Waals surface area contributed by atoms with Crippen LogP contribution in [0.5, 0.6) is 0 Å². The van der Waals surface area contributed by atoms with Gasteiger partial charge in [0.25, 0.3) is 5.91 Å². The molecule has 110 valence electrons. The molecule has 20 heavy (non-hydrogen) atoms. The van der Waals surface area contributed by atoms with Crippen LogP contribution in [-0.2, 0) is 4.74 Å². The molecule has 0 bridgehead atoms. The Morgan fingerprint density at radius 1 is 1.45 bits per heavy atom. The topological polar surface area (TPSA) is 58.6 Å². The highest BCUT2D eigenvalue weighted by Crippen LogP contribution is 2.28. The lowest BCUT2D eigenvalue weighted by Crippen LogP contribution is -2.35. The van der Waals surface area contributed by atoms with Crippen molar-refractivity contribution in [2.45, 2.75) is 32.8 Å². The number of aryl methyl sites for hydroxylation is 2. The molecule has 0 spiro atoms. The molecule has 1 saturated carbocycles. The number of ether oxygens (including phenoxy) is 1. The summed E-state index contributed by atoms with van der Waals surface area (Å²) in [5.74, 6) is 0.541. The minimum atomic E-state index is -0.650. The molecule has 0 saturated heterocycles. The summed E-state index contributed by atoms with van der Waals surface area (Å²) in [4.78, 5) is 12.1. The van der Waals surface area contributed by atoms with Gasteiger partial charge in [-0.15, -0.1) is 0 Å². The molecular formula is C16H23NO3. The second-order valence-corrected chi connectivity index (χ2v) is 5.66. The van der Waals surface area contributed by atoms with Crippen LogP contribution in [0.3, 0.4) is 0 Å². The van der Waals surface area contributed by atoms with Crippen LogP contribution in [0.25, 0.3) is 0 Å². The third kappa shape index (κ3) is 4.62. The Hall–Kier alpha value is -1.39. The van der Waals surface area contributed by atoms with Crippen molar-refractivity contribution in [3.63, 3.8) is 0 Å². The fraction of sp³-hybridized carbons (Fsp3) is 0.562. The van der Waals surface area contributed by atoms with Crippen LogP contribution in [0.1, 0.15) is 34.3 Å². The molecule has 2 rings (SSSR count). The van der Waals surface area contributed by atoms with Gasteiger partial charge >= 0.3 is 0 Å². The number of amides is 1. The van der Waals surface area contributed by atoms with E-state index >= 15 is 0 Å². The molecule has 1 aromatic carbocycles. The van der Waals surface area contributed by atoms with Gasteiger partial charge in [0, 0.05) is 18.7 Å². The first kappa shape index (κ1) is 15.0. The number of carbonyl (C=O) groups is 1. The van der Waals surface area contributed by atoms with Crippen molar-refractivity contribution < 1.29 is 14.6 Å². The van der Waals surface area contributed by atoms with E-state index in [1.165, 1.54) is 12.8 Å². The second-order valence-electron chi connectivity index (χ2n) is 5.66. The van der Waals surface area contributed by atoms with Crippen molar-refractivity contribution in [3.05, 3.63) is 34.9 Å². The van der Waals surface area contributed by atoms with E-state index < -0.39 is 6.10 Å². The maximum Gasteiger partial charge on any atom is 0.251 e. The van der Waals surface area contributed by atoms with Crippen molar-refractivity contribution in [2.75, 3.05) is 19.8 Å². The maximum absolute atomic E-state index is 12.1. The number of hydrogen-bond acceptors (Lipinski definition) is 3. The van der Waals surface area contributed by atoms with Crippen LogP contribution < -0.4 is 5.32 Å². The average Bonchev–Trinajstić information content (AvgIpc) is 3.23. The summed E-state index contributed by atoms with van der Waals surface area (Å²) in [6.45, 7) is 5.09. The van der Waals surface area contributed by atoms with Gasteiger partial charge in [0.15, 0.2) is 0 Å². The van der Waals surface area contributed by atoms with Gasteiger partial charge in [-0.1, -0.05) is 17.7 Å². The molecule has 0 aromatic heterocycles. The molecule has 1 aliphatic carbocycles. The molecule has 4 heteroatoms. The van der Waals surface area contributed by atoms with Crippen LogP contribution in [0.15, 0.2) is 18.2 Å². The molecule has 2 N–H and O–H groups in total. The van der Waals surface area contributed by atoms with Gasteiger partial charge in [-0.2, -0.15) is 0 Å². The van der Waals surface area contributed by atoms with Gasteiger partial charge in [0.2, 0.25) is 0 Å². The van der Waals surface area contributed by atoms with E-state index in [0.717, 1.165) is 17.7 Å². The predicted octanol–water partition coefficient (Wildman–Crippen LogP) is 1.82. The summed E-state index contributed by atoms with van der Waals surface area (Å²) in [6, 6.07) is 5.77. The number of rotatable bonds is 7. The Labute approximate surface area is 120 Å². The van der Waals surface area contributed by atoms with Crippen LogP contribution in [0, 0.1) is 19.8 Å². The summed E-state index contributed by atoms with van der Waals surface area (Å²) in [6.07, 6.45) is 1.82. The molecule has 0 radical (unpaired) electrons. The van der Waals surface area contributed by atoms with E-state index in [0.29, 0.717) is 11.5 Å². The summed E-state index contributed by atoms with van der Waals surface area (Å²) in [5, 5.41) is 12.5. The summed E-state index contributed by atoms with van der Waals surface area (Å²) in [5.41, 5.74) is 2.65. The van der Waals surface area contributed by atoms with Crippen molar-refractivity contribution in [1.29, 1.82) is 0 Å². The number of benzene rings is 1. The fourth-order valence-corrected chi connectivity index (χ4v) is 2.00. The van der Waals surface area contributed by atoms with Crippen LogP contribution >= 0.6 is 0 Å². The third-order valence-corrected chi connectivity index (χ3v) is 3.50. The highest BCUT2D eigenvalue weighted by molar-refractivity contribution is 5.95.